The van der Waals surface area contributed by atoms with Crippen molar-refractivity contribution in [2.24, 2.45) is 5.92 Å². The maximum Gasteiger partial charge on any atom is 0.259 e. The number of rotatable bonds is 7. The highest BCUT2D eigenvalue weighted by atomic mass is 32.2. The summed E-state index contributed by atoms with van der Waals surface area (Å²) in [4.78, 5) is 70.6. The molecule has 54 heavy (non-hydrogen) atoms. The monoisotopic (exact) mass is 753 g/mol. The normalized spacial score (nSPS) is 26.8. The molecule has 0 unspecified atom stereocenters. The van der Waals surface area contributed by atoms with Gasteiger partial charge in [-0.25, -0.2) is 18.4 Å². The van der Waals surface area contributed by atoms with Crippen LogP contribution in [0, 0.1) is 5.92 Å². The number of allylic oxidation sites excluding steroid dienone is 1. The Morgan fingerprint density at radius 1 is 0.981 bits per heavy atom. The lowest BCUT2D eigenvalue weighted by molar-refractivity contribution is -0.141. The maximum atomic E-state index is 14.6. The van der Waals surface area contributed by atoms with Crippen molar-refractivity contribution in [1.29, 1.82) is 0 Å². The van der Waals surface area contributed by atoms with Crippen molar-refractivity contribution in [3.63, 3.8) is 0 Å². The number of carbonyl (C=O) groups is 4. The van der Waals surface area contributed by atoms with Crippen LogP contribution in [0.15, 0.2) is 67.4 Å². The summed E-state index contributed by atoms with van der Waals surface area (Å²) in [5, 5.41) is 14.9. The molecule has 4 aliphatic rings. The first-order valence-corrected chi connectivity index (χ1v) is 19.8. The molecule has 2 saturated carbocycles. The summed E-state index contributed by atoms with van der Waals surface area (Å²) >= 11 is 0. The summed E-state index contributed by atoms with van der Waals surface area (Å²) in [5.41, 5.74) is -0.875. The number of ether oxygens (including phenoxy) is 1. The fourth-order valence-corrected chi connectivity index (χ4v) is 8.79. The maximum absolute atomic E-state index is 14.6. The standard InChI is InChI=1S/C37H39N9O7S/c47-32(22-14-15-40-41-18-22)42-29-11-5-3-1-2-4-8-23-17-37(23,36(50)45-54(51,52)25-12-13-25)44-33(48)30-16-24(20-46(30)35(29)49)53-34-27-10-7-6-9-26(27)28-19-38-21-39-31(28)43-34/h4,6-10,14-15,18-19,21,23-25,29-30H,1-3,5,11-13,16-17,20H2,(H,42,47)(H,44,48)(H,45,50)/b8-4-/t23-,24+,29-,30-,37+/m0/s1. The van der Waals surface area contributed by atoms with E-state index >= 15 is 0 Å². The van der Waals surface area contributed by atoms with Crippen molar-refractivity contribution >= 4 is 55.5 Å². The van der Waals surface area contributed by atoms with Gasteiger partial charge in [0.2, 0.25) is 27.7 Å². The average molecular weight is 754 g/mol. The third-order valence-electron chi connectivity index (χ3n) is 10.6. The van der Waals surface area contributed by atoms with Crippen molar-refractivity contribution in [2.75, 3.05) is 6.54 Å². The molecule has 0 bridgehead atoms. The van der Waals surface area contributed by atoms with E-state index in [0.29, 0.717) is 43.1 Å². The Balaban J connectivity index is 1.12. The van der Waals surface area contributed by atoms with Crippen LogP contribution in [0.2, 0.25) is 0 Å². The van der Waals surface area contributed by atoms with Gasteiger partial charge in [-0.15, -0.1) is 0 Å². The lowest BCUT2D eigenvalue weighted by Gasteiger charge is -2.30. The second-order valence-electron chi connectivity index (χ2n) is 14.4. The van der Waals surface area contributed by atoms with Crippen molar-refractivity contribution in [3.05, 3.63) is 73.0 Å². The minimum Gasteiger partial charge on any atom is -0.472 e. The van der Waals surface area contributed by atoms with Crippen LogP contribution >= 0.6 is 0 Å². The van der Waals surface area contributed by atoms with Crippen molar-refractivity contribution in [1.82, 2.24) is 45.4 Å². The van der Waals surface area contributed by atoms with E-state index in [1.54, 1.807) is 6.20 Å². The molecular formula is C37H39N9O7S. The van der Waals surface area contributed by atoms with Gasteiger partial charge in [0.25, 0.3) is 11.8 Å². The molecule has 4 amide bonds. The summed E-state index contributed by atoms with van der Waals surface area (Å²) in [5.74, 6) is -2.60. The summed E-state index contributed by atoms with van der Waals surface area (Å²) in [6.45, 7) is -0.0312. The molecule has 16 nitrogen and oxygen atoms in total. The average Bonchev–Trinajstić information content (AvgIpc) is 4.11. The van der Waals surface area contributed by atoms with Gasteiger partial charge in [0.15, 0.2) is 5.65 Å². The molecule has 5 atom stereocenters. The second kappa shape index (κ2) is 14.3. The van der Waals surface area contributed by atoms with Gasteiger partial charge in [-0.1, -0.05) is 43.2 Å². The highest BCUT2D eigenvalue weighted by Crippen LogP contribution is 2.46. The Hall–Kier alpha value is -5.58. The van der Waals surface area contributed by atoms with E-state index in [0.717, 1.165) is 23.6 Å². The van der Waals surface area contributed by atoms with E-state index in [1.807, 2.05) is 36.4 Å². The lowest BCUT2D eigenvalue weighted by Crippen LogP contribution is -2.58. The number of fused-ring (bicyclic) bond motifs is 5. The molecule has 17 heteroatoms. The molecule has 3 N–H and O–H groups in total. The zero-order chi connectivity index (χ0) is 37.5. The zero-order valence-electron chi connectivity index (χ0n) is 29.3. The summed E-state index contributed by atoms with van der Waals surface area (Å²) in [6.07, 6.45) is 13.2. The SMILES string of the molecule is O=C(N[C@H]1CCCCC/C=C\[C@H]2C[C@@]2(C(=O)NS(=O)(=O)C2CC2)NC(=O)[C@@H]2C[C@@H](Oc3nc4ncncc4c4ccccc34)CN2C1=O)c1ccnnc1. The predicted octanol–water partition coefficient (Wildman–Crippen LogP) is 2.12. The Bertz CT molecular complexity index is 2270. The smallest absolute Gasteiger partial charge is 0.259 e. The molecule has 3 fully saturated rings. The van der Waals surface area contributed by atoms with Crippen LogP contribution in [-0.2, 0) is 24.4 Å². The lowest BCUT2D eigenvalue weighted by atomic mass is 10.0. The first-order chi connectivity index (χ1) is 26.1. The number of hydrogen-bond donors (Lipinski definition) is 3. The van der Waals surface area contributed by atoms with Crippen LogP contribution in [0.4, 0.5) is 0 Å². The largest absolute Gasteiger partial charge is 0.472 e. The second-order valence-corrected chi connectivity index (χ2v) is 16.3. The number of carbonyl (C=O) groups excluding carboxylic acids is 4. The third kappa shape index (κ3) is 7.07. The first kappa shape index (κ1) is 35.4. The van der Waals surface area contributed by atoms with Gasteiger partial charge < -0.3 is 20.3 Å². The highest BCUT2D eigenvalue weighted by Gasteiger charge is 2.62. The molecule has 1 aromatic carbocycles. The molecule has 8 rings (SSSR count). The van der Waals surface area contributed by atoms with E-state index in [1.165, 1.54) is 29.7 Å². The van der Waals surface area contributed by atoms with E-state index in [2.05, 4.69) is 40.5 Å². The van der Waals surface area contributed by atoms with Gasteiger partial charge in [0.1, 0.15) is 30.1 Å². The number of amides is 4. The van der Waals surface area contributed by atoms with E-state index in [-0.39, 0.29) is 30.8 Å². The highest BCUT2D eigenvalue weighted by molar-refractivity contribution is 7.91. The zero-order valence-corrected chi connectivity index (χ0v) is 30.1. The molecule has 280 valence electrons. The van der Waals surface area contributed by atoms with E-state index in [9.17, 15) is 27.6 Å². The van der Waals surface area contributed by atoms with Gasteiger partial charge in [-0.3, -0.25) is 23.9 Å². The minimum atomic E-state index is -3.90. The Kier molecular flexibility index (Phi) is 9.41. The fourth-order valence-electron chi connectivity index (χ4n) is 7.42. The number of pyridine rings is 1. The fraction of sp³-hybridized carbons (Fsp3) is 0.432. The molecule has 0 spiro atoms. The van der Waals surface area contributed by atoms with Gasteiger partial charge in [0.05, 0.1) is 29.8 Å². The Morgan fingerprint density at radius 3 is 2.61 bits per heavy atom. The molecule has 4 aromatic rings. The Morgan fingerprint density at radius 2 is 1.81 bits per heavy atom. The van der Waals surface area contributed by atoms with Gasteiger partial charge in [0, 0.05) is 29.3 Å². The molecule has 1 saturated heterocycles. The van der Waals surface area contributed by atoms with Gasteiger partial charge in [-0.2, -0.15) is 15.2 Å². The third-order valence-corrected chi connectivity index (χ3v) is 12.4. The molecule has 2 aliphatic carbocycles. The van der Waals surface area contributed by atoms with Crippen molar-refractivity contribution < 1.29 is 32.3 Å². The number of nitrogens with zero attached hydrogens (tertiary/aromatic N) is 6. The topological polar surface area (TPSA) is 215 Å². The summed E-state index contributed by atoms with van der Waals surface area (Å²) < 4.78 is 34.4. The quantitative estimate of drug-likeness (QED) is 0.183. The molecule has 2 aliphatic heterocycles. The number of aromatic nitrogens is 5. The van der Waals surface area contributed by atoms with Crippen molar-refractivity contribution in [2.45, 2.75) is 86.8 Å². The molecule has 5 heterocycles. The van der Waals surface area contributed by atoms with Crippen LogP contribution in [0.5, 0.6) is 5.88 Å². The van der Waals surface area contributed by atoms with E-state index < -0.39 is 68.5 Å². The van der Waals surface area contributed by atoms with Gasteiger partial charge >= 0.3 is 0 Å². The van der Waals surface area contributed by atoms with Crippen LogP contribution in [0.3, 0.4) is 0 Å². The summed E-state index contributed by atoms with van der Waals surface area (Å²) in [6, 6.07) is 6.87. The van der Waals surface area contributed by atoms with Crippen LogP contribution in [0.25, 0.3) is 21.8 Å². The van der Waals surface area contributed by atoms with Crippen LogP contribution in [0.1, 0.15) is 68.1 Å². The minimum absolute atomic E-state index is 0.0307. The number of nitrogens with one attached hydrogen (secondary N) is 3. The van der Waals surface area contributed by atoms with E-state index in [4.69, 9.17) is 4.74 Å². The molecule has 3 aromatic heterocycles. The van der Waals surface area contributed by atoms with Crippen molar-refractivity contribution in [3.8, 4) is 5.88 Å². The van der Waals surface area contributed by atoms with Crippen LogP contribution < -0.4 is 20.1 Å². The number of hydrogen-bond acceptors (Lipinski definition) is 12. The first-order valence-electron chi connectivity index (χ1n) is 18.2. The predicted molar refractivity (Wildman–Crippen MR) is 194 cm³/mol. The molecular weight excluding hydrogens is 715 g/mol. The number of benzene rings is 1. The molecule has 0 radical (unpaired) electrons. The summed E-state index contributed by atoms with van der Waals surface area (Å²) in [7, 11) is -3.90. The number of sulfonamides is 1. The van der Waals surface area contributed by atoms with Crippen LogP contribution in [-0.4, -0.2) is 97.6 Å². The Labute approximate surface area is 310 Å². The van der Waals surface area contributed by atoms with Gasteiger partial charge in [-0.05, 0) is 56.0 Å².